The van der Waals surface area contributed by atoms with Gasteiger partial charge in [-0.15, -0.1) is 0 Å². The molecule has 0 spiro atoms. The molecule has 0 bridgehead atoms. The van der Waals surface area contributed by atoms with E-state index in [0.717, 1.165) is 29.8 Å². The van der Waals surface area contributed by atoms with Gasteiger partial charge in [-0.05, 0) is 67.6 Å². The van der Waals surface area contributed by atoms with Crippen LogP contribution in [-0.2, 0) is 0 Å². The van der Waals surface area contributed by atoms with Gasteiger partial charge in [0.05, 0.1) is 12.2 Å². The second-order valence-corrected chi connectivity index (χ2v) is 11.1. The average Bonchev–Trinajstić information content (AvgIpc) is 3.07. The molecule has 8 nitrogen and oxygen atoms in total. The normalized spacial score (nSPS) is 12.9. The highest BCUT2D eigenvalue weighted by atomic mass is 16.2. The van der Waals surface area contributed by atoms with Gasteiger partial charge >= 0.3 is 6.03 Å². The summed E-state index contributed by atoms with van der Waals surface area (Å²) < 4.78 is 0. The predicted octanol–water partition coefficient (Wildman–Crippen LogP) is 5.50. The summed E-state index contributed by atoms with van der Waals surface area (Å²) in [5, 5.41) is 5.82. The summed E-state index contributed by atoms with van der Waals surface area (Å²) in [5.41, 5.74) is 5.93. The highest BCUT2D eigenvalue weighted by Crippen LogP contribution is 2.26. The molecule has 0 aromatic heterocycles. The fourth-order valence-electron chi connectivity index (χ4n) is 5.12. The zero-order valence-electron chi connectivity index (χ0n) is 25.8. The van der Waals surface area contributed by atoms with Gasteiger partial charge in [0.25, 0.3) is 11.8 Å². The minimum absolute atomic E-state index is 0.118. The van der Waals surface area contributed by atoms with Crippen LogP contribution < -0.4 is 15.5 Å². The number of piperazine rings is 1. The lowest BCUT2D eigenvalue weighted by Crippen LogP contribution is -2.50. The molecular weight excluding hydrogens is 562 g/mol. The summed E-state index contributed by atoms with van der Waals surface area (Å²) in [6.07, 6.45) is 0. The average molecular weight is 600 g/mol. The van der Waals surface area contributed by atoms with E-state index in [9.17, 15) is 14.4 Å². The van der Waals surface area contributed by atoms with Crippen LogP contribution in [0.25, 0.3) is 11.1 Å². The Kier molecular flexibility index (Phi) is 9.93. The number of likely N-dealkylation sites (N-methyl/N-ethyl adjacent to an activating group) is 1. The topological polar surface area (TPSA) is 85.0 Å². The van der Waals surface area contributed by atoms with Gasteiger partial charge in [0.2, 0.25) is 0 Å². The fourth-order valence-corrected chi connectivity index (χ4v) is 5.12. The first-order chi connectivity index (χ1) is 21.8. The van der Waals surface area contributed by atoms with Gasteiger partial charge in [-0.25, -0.2) is 4.79 Å². The lowest BCUT2D eigenvalue weighted by molar-refractivity contribution is 0.0991. The number of nitrogens with one attached hydrogen (secondary N) is 2. The van der Waals surface area contributed by atoms with Crippen molar-refractivity contribution in [2.45, 2.75) is 6.92 Å². The zero-order chi connectivity index (χ0) is 31.8. The molecule has 0 saturated carbocycles. The van der Waals surface area contributed by atoms with Crippen molar-refractivity contribution < 1.29 is 14.4 Å². The summed E-state index contributed by atoms with van der Waals surface area (Å²) >= 11 is 0. The minimum Gasteiger partial charge on any atom is -0.327 e. The van der Waals surface area contributed by atoms with E-state index in [2.05, 4.69) is 27.4 Å². The lowest BCUT2D eigenvalue weighted by atomic mass is 9.98. The van der Waals surface area contributed by atoms with E-state index < -0.39 is 0 Å². The van der Waals surface area contributed by atoms with Crippen LogP contribution in [0.3, 0.4) is 0 Å². The number of urea groups is 1. The number of benzene rings is 4. The number of hydrogen-bond donors (Lipinski definition) is 2. The quantitative estimate of drug-likeness (QED) is 0.287. The first-order valence-corrected chi connectivity index (χ1v) is 14.9. The summed E-state index contributed by atoms with van der Waals surface area (Å²) in [6.45, 7) is 5.34. The van der Waals surface area contributed by atoms with Crippen LogP contribution in [0.1, 0.15) is 31.8 Å². The van der Waals surface area contributed by atoms with Crippen molar-refractivity contribution in [2.24, 2.45) is 0 Å². The van der Waals surface area contributed by atoms with E-state index in [0.29, 0.717) is 41.2 Å². The Balaban J connectivity index is 1.22. The van der Waals surface area contributed by atoms with E-state index in [-0.39, 0.29) is 24.4 Å². The third-order valence-corrected chi connectivity index (χ3v) is 7.84. The number of nitrogens with zero attached hydrogens (tertiary/aromatic N) is 3. The Morgan fingerprint density at radius 1 is 0.822 bits per heavy atom. The second kappa shape index (κ2) is 14.4. The number of amides is 4. The molecule has 1 aliphatic heterocycles. The molecule has 0 atom stereocenters. The van der Waals surface area contributed by atoms with Gasteiger partial charge in [0, 0.05) is 55.6 Å². The van der Waals surface area contributed by atoms with E-state index in [1.165, 1.54) is 0 Å². The molecular formula is C37H37N5O3. The minimum atomic E-state index is -0.227. The largest absolute Gasteiger partial charge is 0.327 e. The molecule has 5 rings (SSSR count). The second-order valence-electron chi connectivity index (χ2n) is 11.1. The third kappa shape index (κ3) is 7.77. The molecule has 45 heavy (non-hydrogen) atoms. The lowest BCUT2D eigenvalue weighted by Gasteiger charge is -2.32. The highest BCUT2D eigenvalue weighted by Gasteiger charge is 2.19. The molecule has 228 valence electrons. The van der Waals surface area contributed by atoms with Crippen LogP contribution in [-0.4, -0.2) is 74.5 Å². The number of aryl methyl sites for hydroxylation is 1. The van der Waals surface area contributed by atoms with Crippen molar-refractivity contribution in [3.63, 3.8) is 0 Å². The smallest absolute Gasteiger partial charge is 0.318 e. The molecule has 1 aliphatic rings. The number of anilines is 2. The van der Waals surface area contributed by atoms with Gasteiger partial charge in [0.15, 0.2) is 0 Å². The van der Waals surface area contributed by atoms with E-state index in [1.54, 1.807) is 47.2 Å². The molecule has 4 aromatic carbocycles. The van der Waals surface area contributed by atoms with Crippen molar-refractivity contribution in [2.75, 3.05) is 57.0 Å². The standard InChI is InChI=1S/C37H37N5O3/c1-27-14-16-28(17-15-27)32-11-5-6-12-33(32)35(43)39-31-20-18-30(19-21-31)36(44)41(3)34-13-7-4-9-29(34)10-8-22-38-37(45)42-25-23-40(2)24-26-42/h4-7,9,11-21H,22-26H2,1-3H3,(H,38,45)(H,39,43). The maximum Gasteiger partial charge on any atom is 0.318 e. The third-order valence-electron chi connectivity index (χ3n) is 7.84. The molecule has 0 radical (unpaired) electrons. The van der Waals surface area contributed by atoms with Gasteiger partial charge in [-0.2, -0.15) is 0 Å². The number of rotatable bonds is 6. The molecule has 2 N–H and O–H groups in total. The molecule has 8 heteroatoms. The maximum absolute atomic E-state index is 13.4. The monoisotopic (exact) mass is 599 g/mol. The maximum atomic E-state index is 13.4. The Labute approximate surface area is 264 Å². The van der Waals surface area contributed by atoms with Crippen LogP contribution in [0.5, 0.6) is 0 Å². The molecule has 4 amide bonds. The Morgan fingerprint density at radius 2 is 1.49 bits per heavy atom. The van der Waals surface area contributed by atoms with Crippen molar-refractivity contribution in [3.8, 4) is 23.0 Å². The van der Waals surface area contributed by atoms with Crippen LogP contribution in [0.4, 0.5) is 16.2 Å². The zero-order valence-corrected chi connectivity index (χ0v) is 25.8. The summed E-state index contributed by atoms with van der Waals surface area (Å²) in [4.78, 5) is 44.6. The van der Waals surface area contributed by atoms with E-state index >= 15 is 0 Å². The Hall–Kier alpha value is -5.39. The first kappa shape index (κ1) is 31.0. The van der Waals surface area contributed by atoms with Crippen molar-refractivity contribution in [1.82, 2.24) is 15.1 Å². The van der Waals surface area contributed by atoms with Gasteiger partial charge < -0.3 is 25.3 Å². The molecule has 1 saturated heterocycles. The van der Waals surface area contributed by atoms with Crippen molar-refractivity contribution in [3.05, 3.63) is 119 Å². The molecule has 1 heterocycles. The van der Waals surface area contributed by atoms with Crippen LogP contribution in [0.15, 0.2) is 97.1 Å². The van der Waals surface area contributed by atoms with Gasteiger partial charge in [0.1, 0.15) is 0 Å². The molecule has 4 aromatic rings. The SMILES string of the molecule is Cc1ccc(-c2ccccc2C(=O)Nc2ccc(C(=O)N(C)c3ccccc3C#CCNC(=O)N3CCN(C)CC3)cc2)cc1. The van der Waals surface area contributed by atoms with E-state index in [1.807, 2.05) is 80.7 Å². The molecule has 0 unspecified atom stereocenters. The Morgan fingerprint density at radius 3 is 2.22 bits per heavy atom. The van der Waals surface area contributed by atoms with E-state index in [4.69, 9.17) is 0 Å². The van der Waals surface area contributed by atoms with Crippen LogP contribution >= 0.6 is 0 Å². The van der Waals surface area contributed by atoms with Crippen molar-refractivity contribution >= 4 is 29.2 Å². The van der Waals surface area contributed by atoms with Crippen LogP contribution in [0, 0.1) is 18.8 Å². The molecule has 1 fully saturated rings. The fraction of sp³-hybridized carbons (Fsp3) is 0.216. The van der Waals surface area contributed by atoms with Crippen molar-refractivity contribution in [1.29, 1.82) is 0 Å². The van der Waals surface area contributed by atoms with Gasteiger partial charge in [-0.3, -0.25) is 9.59 Å². The molecule has 0 aliphatic carbocycles. The number of para-hydroxylation sites is 1. The predicted molar refractivity (Wildman–Crippen MR) is 180 cm³/mol. The van der Waals surface area contributed by atoms with Crippen LogP contribution in [0.2, 0.25) is 0 Å². The summed E-state index contributed by atoms with van der Waals surface area (Å²) in [5.74, 6) is 5.67. The number of hydrogen-bond acceptors (Lipinski definition) is 4. The first-order valence-electron chi connectivity index (χ1n) is 14.9. The Bertz CT molecular complexity index is 1730. The summed E-state index contributed by atoms with van der Waals surface area (Å²) in [7, 11) is 3.75. The highest BCUT2D eigenvalue weighted by molar-refractivity contribution is 6.09. The number of carbonyl (C=O) groups is 3. The summed E-state index contributed by atoms with van der Waals surface area (Å²) in [6, 6.07) is 29.7. The number of carbonyl (C=O) groups excluding carboxylic acids is 3. The van der Waals surface area contributed by atoms with Gasteiger partial charge in [-0.1, -0.05) is 72.0 Å².